The molecule has 3 heteroatoms. The molecule has 0 saturated carbocycles. The van der Waals surface area contributed by atoms with E-state index >= 15 is 0 Å². The lowest BCUT2D eigenvalue weighted by molar-refractivity contribution is -0.119. The van der Waals surface area contributed by atoms with Gasteiger partial charge in [-0.25, -0.2) is 0 Å². The largest absolute Gasteiger partial charge is 0.358 e. The summed E-state index contributed by atoms with van der Waals surface area (Å²) in [5.74, 6) is 0. The Labute approximate surface area is 87.2 Å². The molecule has 0 aromatic heterocycles. The second kappa shape index (κ2) is 4.89. The van der Waals surface area contributed by atoms with Crippen LogP contribution in [-0.4, -0.2) is 23.7 Å². The van der Waals surface area contributed by atoms with Gasteiger partial charge in [-0.1, -0.05) is 0 Å². The number of carbonyl (C=O) groups is 1. The number of aldehydes is 1. The quantitative estimate of drug-likeness (QED) is 0.547. The third-order valence-electron chi connectivity index (χ3n) is 1.60. The van der Waals surface area contributed by atoms with E-state index in [1.807, 2.05) is 20.8 Å². The number of hydrogen-bond donors (Lipinski definition) is 1. The number of ether oxygens (including phenoxy) is 1. The van der Waals surface area contributed by atoms with E-state index in [0.29, 0.717) is 6.42 Å². The molecule has 0 aliphatic carbocycles. The molecular weight excluding hydrogens is 178 g/mol. The molecule has 84 valence electrons. The molecule has 1 atom stereocenters. The van der Waals surface area contributed by atoms with E-state index in [0.717, 1.165) is 6.29 Å². The van der Waals surface area contributed by atoms with Gasteiger partial charge in [0.25, 0.3) is 0 Å². The highest BCUT2D eigenvalue weighted by molar-refractivity contribution is 5.49. The zero-order valence-corrected chi connectivity index (χ0v) is 10.2. The predicted octanol–water partition coefficient (Wildman–Crippen LogP) is 2.10. The Kier molecular flexibility index (Phi) is 4.75. The fourth-order valence-electron chi connectivity index (χ4n) is 1.62. The molecule has 0 radical (unpaired) electrons. The van der Waals surface area contributed by atoms with Gasteiger partial charge in [-0.15, -0.1) is 0 Å². The molecule has 0 aromatic rings. The lowest BCUT2D eigenvalue weighted by Gasteiger charge is -2.36. The molecular formula is C11H23NO2. The Morgan fingerprint density at radius 2 is 1.79 bits per heavy atom. The normalized spacial score (nSPS) is 15.3. The van der Waals surface area contributed by atoms with Crippen LogP contribution in [0.5, 0.6) is 0 Å². The first-order valence-electron chi connectivity index (χ1n) is 5.07. The van der Waals surface area contributed by atoms with E-state index in [2.05, 4.69) is 26.1 Å². The first-order chi connectivity index (χ1) is 6.16. The molecule has 0 fully saturated rings. The fraction of sp³-hybridized carbons (Fsp3) is 0.909. The van der Waals surface area contributed by atoms with Crippen LogP contribution >= 0.6 is 0 Å². The summed E-state index contributed by atoms with van der Waals surface area (Å²) in [6.07, 6.45) is 1.28. The first kappa shape index (κ1) is 13.6. The summed E-state index contributed by atoms with van der Waals surface area (Å²) in [5, 5.41) is 3.35. The van der Waals surface area contributed by atoms with Crippen LogP contribution in [0.15, 0.2) is 0 Å². The van der Waals surface area contributed by atoms with Crippen molar-refractivity contribution in [3.63, 3.8) is 0 Å². The second-order valence-electron chi connectivity index (χ2n) is 5.22. The monoisotopic (exact) mass is 201 g/mol. The smallest absolute Gasteiger partial charge is 0.122 e. The van der Waals surface area contributed by atoms with Gasteiger partial charge in [-0.2, -0.15) is 0 Å². The van der Waals surface area contributed by atoms with Crippen molar-refractivity contribution in [3.05, 3.63) is 0 Å². The standard InChI is InChI=1S/C11H23NO2/c1-9(7-8-13)14-11(5,6)12-10(2,3)4/h8-9,12H,7H2,1-6H3. The number of hydrogen-bond acceptors (Lipinski definition) is 3. The van der Waals surface area contributed by atoms with E-state index in [1.165, 1.54) is 0 Å². The van der Waals surface area contributed by atoms with Crippen LogP contribution in [0, 0.1) is 0 Å². The summed E-state index contributed by atoms with van der Waals surface area (Å²) in [6.45, 7) is 12.1. The minimum atomic E-state index is -0.402. The Morgan fingerprint density at radius 1 is 1.29 bits per heavy atom. The second-order valence-corrected chi connectivity index (χ2v) is 5.22. The summed E-state index contributed by atoms with van der Waals surface area (Å²) in [5.41, 5.74) is -0.398. The highest BCUT2D eigenvalue weighted by Crippen LogP contribution is 2.14. The van der Waals surface area contributed by atoms with Crippen molar-refractivity contribution in [3.8, 4) is 0 Å². The molecule has 0 bridgehead atoms. The summed E-state index contributed by atoms with van der Waals surface area (Å²) >= 11 is 0. The van der Waals surface area contributed by atoms with Crippen LogP contribution in [0.25, 0.3) is 0 Å². The first-order valence-corrected chi connectivity index (χ1v) is 5.07. The van der Waals surface area contributed by atoms with Crippen LogP contribution in [0.2, 0.25) is 0 Å². The van der Waals surface area contributed by atoms with Crippen LogP contribution in [0.3, 0.4) is 0 Å². The molecule has 0 amide bonds. The molecule has 0 rings (SSSR count). The zero-order chi connectivity index (χ0) is 11.4. The maximum Gasteiger partial charge on any atom is 0.122 e. The highest BCUT2D eigenvalue weighted by atomic mass is 16.5. The Morgan fingerprint density at radius 3 is 2.14 bits per heavy atom. The van der Waals surface area contributed by atoms with Crippen molar-refractivity contribution < 1.29 is 9.53 Å². The summed E-state index contributed by atoms with van der Waals surface area (Å²) in [7, 11) is 0. The van der Waals surface area contributed by atoms with Crippen molar-refractivity contribution in [1.29, 1.82) is 0 Å². The van der Waals surface area contributed by atoms with E-state index in [-0.39, 0.29) is 11.6 Å². The topological polar surface area (TPSA) is 38.3 Å². The average molecular weight is 201 g/mol. The predicted molar refractivity (Wildman–Crippen MR) is 58.2 cm³/mol. The van der Waals surface area contributed by atoms with Gasteiger partial charge in [0.2, 0.25) is 0 Å². The van der Waals surface area contributed by atoms with Gasteiger partial charge in [-0.3, -0.25) is 5.32 Å². The Hall–Kier alpha value is -0.410. The lowest BCUT2D eigenvalue weighted by Crippen LogP contribution is -2.53. The van der Waals surface area contributed by atoms with Gasteiger partial charge in [-0.05, 0) is 41.5 Å². The Bertz CT molecular complexity index is 182. The molecule has 0 spiro atoms. The number of rotatable bonds is 5. The number of carbonyl (C=O) groups excluding carboxylic acids is 1. The molecule has 1 unspecified atom stereocenters. The zero-order valence-electron chi connectivity index (χ0n) is 10.2. The lowest BCUT2D eigenvalue weighted by atomic mass is 10.1. The van der Waals surface area contributed by atoms with Crippen molar-refractivity contribution >= 4 is 6.29 Å². The van der Waals surface area contributed by atoms with E-state index in [4.69, 9.17) is 4.74 Å². The molecule has 3 nitrogen and oxygen atoms in total. The summed E-state index contributed by atoms with van der Waals surface area (Å²) in [4.78, 5) is 10.3. The molecule has 14 heavy (non-hydrogen) atoms. The van der Waals surface area contributed by atoms with Gasteiger partial charge >= 0.3 is 0 Å². The molecule has 0 aromatic carbocycles. The minimum absolute atomic E-state index is 0.00436. The van der Waals surface area contributed by atoms with Gasteiger partial charge < -0.3 is 9.53 Å². The van der Waals surface area contributed by atoms with Crippen molar-refractivity contribution in [2.45, 2.75) is 65.3 Å². The SMILES string of the molecule is CC(CC=O)OC(C)(C)NC(C)(C)C. The van der Waals surface area contributed by atoms with E-state index in [9.17, 15) is 4.79 Å². The fourth-order valence-corrected chi connectivity index (χ4v) is 1.62. The number of nitrogens with one attached hydrogen (secondary N) is 1. The van der Waals surface area contributed by atoms with Crippen molar-refractivity contribution in [2.24, 2.45) is 0 Å². The third kappa shape index (κ3) is 7.04. The van der Waals surface area contributed by atoms with Crippen molar-refractivity contribution in [2.75, 3.05) is 0 Å². The summed E-state index contributed by atoms with van der Waals surface area (Å²) in [6, 6.07) is 0. The van der Waals surface area contributed by atoms with Crippen molar-refractivity contribution in [1.82, 2.24) is 5.32 Å². The average Bonchev–Trinajstić information content (AvgIpc) is 1.78. The van der Waals surface area contributed by atoms with Gasteiger partial charge in [0, 0.05) is 12.0 Å². The van der Waals surface area contributed by atoms with Gasteiger partial charge in [0.15, 0.2) is 0 Å². The molecule has 0 aliphatic heterocycles. The molecule has 0 saturated heterocycles. The van der Waals surface area contributed by atoms with Gasteiger partial charge in [0.05, 0.1) is 6.10 Å². The third-order valence-corrected chi connectivity index (χ3v) is 1.60. The van der Waals surface area contributed by atoms with Crippen LogP contribution in [0.1, 0.15) is 48.0 Å². The van der Waals surface area contributed by atoms with Crippen LogP contribution < -0.4 is 5.32 Å². The molecule has 0 heterocycles. The van der Waals surface area contributed by atoms with Crippen LogP contribution in [-0.2, 0) is 9.53 Å². The Balaban J connectivity index is 4.12. The van der Waals surface area contributed by atoms with E-state index < -0.39 is 5.72 Å². The maximum absolute atomic E-state index is 10.3. The molecule has 0 aliphatic rings. The van der Waals surface area contributed by atoms with Gasteiger partial charge in [0.1, 0.15) is 12.0 Å². The van der Waals surface area contributed by atoms with E-state index in [1.54, 1.807) is 0 Å². The highest BCUT2D eigenvalue weighted by Gasteiger charge is 2.26. The maximum atomic E-state index is 10.3. The van der Waals surface area contributed by atoms with Crippen LogP contribution in [0.4, 0.5) is 0 Å². The molecule has 1 N–H and O–H groups in total. The minimum Gasteiger partial charge on any atom is -0.358 e. The summed E-state index contributed by atoms with van der Waals surface area (Å²) < 4.78 is 5.71.